The van der Waals surface area contributed by atoms with Crippen molar-refractivity contribution in [2.45, 2.75) is 20.3 Å². The molecule has 0 aliphatic carbocycles. The Morgan fingerprint density at radius 1 is 1.30 bits per heavy atom. The number of ketones is 1. The molecule has 1 aromatic carbocycles. The standard InChI is InChI=1S/C17H23NO2/c1-13(2)12-20-16-6-4-14(5-7-16)10-15-11-18(3)9-8-17(15)19/h4-7,10,13H,8-9,11-12H2,1-3H3/b15-10+. The molecule has 108 valence electrons. The molecule has 1 fully saturated rings. The largest absolute Gasteiger partial charge is 0.493 e. The third-order valence-electron chi connectivity index (χ3n) is 3.32. The van der Waals surface area contributed by atoms with Crippen LogP contribution in [0.3, 0.4) is 0 Å². The van der Waals surface area contributed by atoms with Gasteiger partial charge in [-0.3, -0.25) is 4.79 Å². The zero-order valence-corrected chi connectivity index (χ0v) is 12.6. The fourth-order valence-electron chi connectivity index (χ4n) is 2.16. The lowest BCUT2D eigenvalue weighted by atomic mass is 10.0. The highest BCUT2D eigenvalue weighted by atomic mass is 16.5. The number of carbonyl (C=O) groups is 1. The van der Waals surface area contributed by atoms with Crippen molar-refractivity contribution < 1.29 is 9.53 Å². The average Bonchev–Trinajstić information content (AvgIpc) is 2.42. The van der Waals surface area contributed by atoms with Crippen molar-refractivity contribution in [3.8, 4) is 5.75 Å². The first-order valence-electron chi connectivity index (χ1n) is 7.20. The Hall–Kier alpha value is -1.61. The van der Waals surface area contributed by atoms with E-state index in [9.17, 15) is 4.79 Å². The van der Waals surface area contributed by atoms with Crippen LogP contribution in [0.2, 0.25) is 0 Å². The average molecular weight is 273 g/mol. The van der Waals surface area contributed by atoms with Gasteiger partial charge >= 0.3 is 0 Å². The van der Waals surface area contributed by atoms with Crippen LogP contribution in [0.25, 0.3) is 6.08 Å². The number of piperidine rings is 1. The molecule has 0 saturated carbocycles. The Morgan fingerprint density at radius 2 is 2.00 bits per heavy atom. The molecule has 3 heteroatoms. The first kappa shape index (κ1) is 14.8. The minimum Gasteiger partial charge on any atom is -0.493 e. The highest BCUT2D eigenvalue weighted by Gasteiger charge is 2.18. The predicted molar refractivity (Wildman–Crippen MR) is 81.9 cm³/mol. The minimum atomic E-state index is 0.267. The molecule has 0 atom stereocenters. The van der Waals surface area contributed by atoms with E-state index >= 15 is 0 Å². The Balaban J connectivity index is 2.04. The van der Waals surface area contributed by atoms with Gasteiger partial charge in [0.15, 0.2) is 5.78 Å². The first-order chi connectivity index (χ1) is 9.54. The van der Waals surface area contributed by atoms with Crippen molar-refractivity contribution in [3.05, 3.63) is 35.4 Å². The molecule has 3 nitrogen and oxygen atoms in total. The summed E-state index contributed by atoms with van der Waals surface area (Å²) < 4.78 is 5.65. The van der Waals surface area contributed by atoms with Crippen molar-refractivity contribution in [3.63, 3.8) is 0 Å². The quantitative estimate of drug-likeness (QED) is 0.790. The van der Waals surface area contributed by atoms with Gasteiger partial charge in [-0.2, -0.15) is 0 Å². The first-order valence-corrected chi connectivity index (χ1v) is 7.20. The minimum absolute atomic E-state index is 0.267. The van der Waals surface area contributed by atoms with E-state index in [0.717, 1.165) is 36.6 Å². The highest BCUT2D eigenvalue weighted by molar-refractivity contribution is 6.00. The van der Waals surface area contributed by atoms with Crippen LogP contribution in [0, 0.1) is 5.92 Å². The second-order valence-corrected chi connectivity index (χ2v) is 5.85. The van der Waals surface area contributed by atoms with Gasteiger partial charge in [-0.1, -0.05) is 26.0 Å². The maximum absolute atomic E-state index is 11.9. The van der Waals surface area contributed by atoms with Gasteiger partial charge in [0, 0.05) is 25.1 Å². The van der Waals surface area contributed by atoms with Gasteiger partial charge in [0.25, 0.3) is 0 Å². The zero-order valence-electron chi connectivity index (χ0n) is 12.6. The summed E-state index contributed by atoms with van der Waals surface area (Å²) in [5.74, 6) is 1.67. The van der Waals surface area contributed by atoms with E-state index in [2.05, 4.69) is 18.7 Å². The van der Waals surface area contributed by atoms with Crippen molar-refractivity contribution in [1.82, 2.24) is 4.90 Å². The molecule has 20 heavy (non-hydrogen) atoms. The zero-order chi connectivity index (χ0) is 14.5. The Bertz CT molecular complexity index is 488. The lowest BCUT2D eigenvalue weighted by Gasteiger charge is -2.23. The van der Waals surface area contributed by atoms with E-state index in [4.69, 9.17) is 4.74 Å². The maximum Gasteiger partial charge on any atom is 0.161 e. The van der Waals surface area contributed by atoms with Gasteiger partial charge in [0.05, 0.1) is 6.61 Å². The number of Topliss-reactive ketones (excluding diaryl/α,β-unsaturated/α-hetero) is 1. The van der Waals surface area contributed by atoms with E-state index in [-0.39, 0.29) is 5.78 Å². The molecule has 0 unspecified atom stereocenters. The van der Waals surface area contributed by atoms with Crippen LogP contribution in [0.1, 0.15) is 25.8 Å². The molecular weight excluding hydrogens is 250 g/mol. The molecule has 0 radical (unpaired) electrons. The molecule has 2 rings (SSSR count). The normalized spacial score (nSPS) is 18.8. The molecular formula is C17H23NO2. The van der Waals surface area contributed by atoms with Crippen LogP contribution in [0.4, 0.5) is 0 Å². The Morgan fingerprint density at radius 3 is 2.65 bits per heavy atom. The van der Waals surface area contributed by atoms with Crippen molar-refractivity contribution in [1.29, 1.82) is 0 Å². The van der Waals surface area contributed by atoms with Gasteiger partial charge in [0.2, 0.25) is 0 Å². The van der Waals surface area contributed by atoms with E-state index in [0.29, 0.717) is 12.3 Å². The number of nitrogens with zero attached hydrogens (tertiary/aromatic N) is 1. The second kappa shape index (κ2) is 6.71. The number of ether oxygens (including phenoxy) is 1. The molecule has 1 aliphatic rings. The van der Waals surface area contributed by atoms with Crippen molar-refractivity contribution in [2.75, 3.05) is 26.7 Å². The summed E-state index contributed by atoms with van der Waals surface area (Å²) in [4.78, 5) is 14.0. The van der Waals surface area contributed by atoms with Crippen LogP contribution in [-0.4, -0.2) is 37.4 Å². The molecule has 1 heterocycles. The van der Waals surface area contributed by atoms with Crippen LogP contribution in [0.15, 0.2) is 29.8 Å². The molecule has 1 aliphatic heterocycles. The molecule has 1 aromatic rings. The number of benzene rings is 1. The number of hydrogen-bond acceptors (Lipinski definition) is 3. The number of hydrogen-bond donors (Lipinski definition) is 0. The van der Waals surface area contributed by atoms with Gasteiger partial charge in [-0.15, -0.1) is 0 Å². The van der Waals surface area contributed by atoms with Gasteiger partial charge in [-0.05, 0) is 36.7 Å². The molecule has 0 amide bonds. The molecule has 0 spiro atoms. The molecule has 0 bridgehead atoms. The number of likely N-dealkylation sites (tertiary alicyclic amines) is 1. The van der Waals surface area contributed by atoms with E-state index < -0.39 is 0 Å². The maximum atomic E-state index is 11.9. The van der Waals surface area contributed by atoms with Crippen LogP contribution < -0.4 is 4.74 Å². The van der Waals surface area contributed by atoms with E-state index in [1.807, 2.05) is 37.4 Å². The van der Waals surface area contributed by atoms with Gasteiger partial charge in [0.1, 0.15) is 5.75 Å². The summed E-state index contributed by atoms with van der Waals surface area (Å²) in [6, 6.07) is 7.94. The molecule has 0 N–H and O–H groups in total. The lowest BCUT2D eigenvalue weighted by molar-refractivity contribution is -0.117. The van der Waals surface area contributed by atoms with Crippen LogP contribution >= 0.6 is 0 Å². The smallest absolute Gasteiger partial charge is 0.161 e. The van der Waals surface area contributed by atoms with Crippen molar-refractivity contribution in [2.24, 2.45) is 5.92 Å². The molecule has 1 saturated heterocycles. The van der Waals surface area contributed by atoms with Crippen LogP contribution in [-0.2, 0) is 4.79 Å². The topological polar surface area (TPSA) is 29.5 Å². The predicted octanol–water partition coefficient (Wildman–Crippen LogP) is 3.01. The monoisotopic (exact) mass is 273 g/mol. The lowest BCUT2D eigenvalue weighted by Crippen LogP contribution is -2.32. The van der Waals surface area contributed by atoms with Gasteiger partial charge in [-0.25, -0.2) is 0 Å². The summed E-state index contributed by atoms with van der Waals surface area (Å²) in [5, 5.41) is 0. The third-order valence-corrected chi connectivity index (χ3v) is 3.32. The van der Waals surface area contributed by atoms with Crippen molar-refractivity contribution >= 4 is 11.9 Å². The Kier molecular flexibility index (Phi) is 4.96. The highest BCUT2D eigenvalue weighted by Crippen LogP contribution is 2.18. The SMILES string of the molecule is CC(C)COc1ccc(/C=C2\CN(C)CCC2=O)cc1. The fourth-order valence-corrected chi connectivity index (χ4v) is 2.16. The van der Waals surface area contributed by atoms with Gasteiger partial charge < -0.3 is 9.64 Å². The van der Waals surface area contributed by atoms with E-state index in [1.165, 1.54) is 0 Å². The number of carbonyl (C=O) groups excluding carboxylic acids is 1. The second-order valence-electron chi connectivity index (χ2n) is 5.85. The summed E-state index contributed by atoms with van der Waals surface area (Å²) in [6.07, 6.45) is 2.61. The summed E-state index contributed by atoms with van der Waals surface area (Å²) >= 11 is 0. The van der Waals surface area contributed by atoms with Crippen LogP contribution in [0.5, 0.6) is 5.75 Å². The Labute approximate surface area is 121 Å². The molecule has 0 aromatic heterocycles. The number of likely N-dealkylation sites (N-methyl/N-ethyl adjacent to an activating group) is 1. The summed E-state index contributed by atoms with van der Waals surface area (Å²) in [5.41, 5.74) is 1.95. The third kappa shape index (κ3) is 4.20. The summed E-state index contributed by atoms with van der Waals surface area (Å²) in [7, 11) is 2.04. The number of rotatable bonds is 4. The fraction of sp³-hybridized carbons (Fsp3) is 0.471. The van der Waals surface area contributed by atoms with E-state index in [1.54, 1.807) is 0 Å². The summed E-state index contributed by atoms with van der Waals surface area (Å²) in [6.45, 7) is 6.58.